The van der Waals surface area contributed by atoms with Gasteiger partial charge in [0.05, 0.1) is 5.56 Å². The maximum absolute atomic E-state index is 12.4. The van der Waals surface area contributed by atoms with Crippen LogP contribution in [0.15, 0.2) is 29.1 Å². The average Bonchev–Trinajstić information content (AvgIpc) is 2.91. The normalized spacial score (nSPS) is 15.9. The minimum absolute atomic E-state index is 0.0161. The Bertz CT molecular complexity index is 916. The lowest BCUT2D eigenvalue weighted by Crippen LogP contribution is -2.22. The van der Waals surface area contributed by atoms with E-state index in [-0.39, 0.29) is 16.2 Å². The highest BCUT2D eigenvalue weighted by atomic mass is 32.1. The molecule has 0 amide bonds. The molecule has 132 valence electrons. The number of aromatic hydroxyl groups is 1. The van der Waals surface area contributed by atoms with Crippen molar-refractivity contribution in [3.05, 3.63) is 56.1 Å². The highest BCUT2D eigenvalue weighted by Gasteiger charge is 2.36. The second-order valence-electron chi connectivity index (χ2n) is 6.08. The molecule has 0 fully saturated rings. The second kappa shape index (κ2) is 7.23. The number of cyclic esters (lactones) is 1. The average molecular weight is 360 g/mol. The molecule has 1 aliphatic rings. The summed E-state index contributed by atoms with van der Waals surface area (Å²) in [6.07, 6.45) is 3.11. The maximum Gasteiger partial charge on any atom is 0.339 e. The van der Waals surface area contributed by atoms with Gasteiger partial charge in [-0.25, -0.2) is 4.79 Å². The van der Waals surface area contributed by atoms with Crippen molar-refractivity contribution >= 4 is 18.2 Å². The minimum atomic E-state index is -0.926. The summed E-state index contributed by atoms with van der Waals surface area (Å²) in [5.74, 6) is -0.740. The Hall–Kier alpha value is -2.41. The van der Waals surface area contributed by atoms with Crippen LogP contribution >= 0.6 is 12.2 Å². The van der Waals surface area contributed by atoms with Crippen LogP contribution in [0.4, 0.5) is 0 Å². The van der Waals surface area contributed by atoms with Crippen LogP contribution in [0.3, 0.4) is 0 Å². The Kier molecular flexibility index (Phi) is 5.03. The van der Waals surface area contributed by atoms with E-state index in [0.717, 1.165) is 25.7 Å². The summed E-state index contributed by atoms with van der Waals surface area (Å²) in [6.45, 7) is 2.61. The third kappa shape index (κ3) is 3.24. The molecule has 2 heterocycles. The number of nitrogens with one attached hydrogen (secondary N) is 1. The monoisotopic (exact) mass is 360 g/mol. The molecule has 0 spiro atoms. The van der Waals surface area contributed by atoms with Crippen LogP contribution in [-0.4, -0.2) is 20.6 Å². The predicted octanol–water partition coefficient (Wildman–Crippen LogP) is 3.45. The standard InChI is InChI=1S/C18H20N2O4S/c1-2-3-4-7-10-20-16(22)13(15(21)19-18(20)25)14-11-8-5-6-9-12(11)17(23)24-14/h5-6,8-9,14,22H,2-4,7,10H2,1H3,(H,19,21,25). The van der Waals surface area contributed by atoms with Crippen LogP contribution in [0.1, 0.15) is 60.2 Å². The van der Waals surface area contributed by atoms with Crippen molar-refractivity contribution in [3.8, 4) is 5.88 Å². The Morgan fingerprint density at radius 1 is 1.24 bits per heavy atom. The van der Waals surface area contributed by atoms with E-state index in [2.05, 4.69) is 11.9 Å². The number of esters is 1. The molecular weight excluding hydrogens is 340 g/mol. The van der Waals surface area contributed by atoms with Gasteiger partial charge in [0.25, 0.3) is 5.56 Å². The SMILES string of the molecule is CCCCCCn1c(O)c(C2OC(=O)c3ccccc32)c(=O)[nH]c1=S. The zero-order valence-electron chi connectivity index (χ0n) is 13.9. The summed E-state index contributed by atoms with van der Waals surface area (Å²) in [7, 11) is 0. The van der Waals surface area contributed by atoms with E-state index < -0.39 is 17.6 Å². The van der Waals surface area contributed by atoms with Gasteiger partial charge in [-0.3, -0.25) is 14.3 Å². The number of unbranched alkanes of at least 4 members (excludes halogenated alkanes) is 3. The van der Waals surface area contributed by atoms with Crippen molar-refractivity contribution in [3.63, 3.8) is 0 Å². The molecule has 1 atom stereocenters. The number of aromatic nitrogens is 2. The molecule has 1 aliphatic heterocycles. The zero-order chi connectivity index (χ0) is 18.0. The lowest BCUT2D eigenvalue weighted by molar-refractivity contribution is 0.0448. The molecule has 6 nitrogen and oxygen atoms in total. The number of ether oxygens (including phenoxy) is 1. The summed E-state index contributed by atoms with van der Waals surface area (Å²) in [5.41, 5.74) is 0.454. The van der Waals surface area contributed by atoms with Gasteiger partial charge >= 0.3 is 5.97 Å². The van der Waals surface area contributed by atoms with Crippen molar-refractivity contribution in [2.24, 2.45) is 0 Å². The molecule has 7 heteroatoms. The smallest absolute Gasteiger partial charge is 0.339 e. The Morgan fingerprint density at radius 2 is 2.00 bits per heavy atom. The first-order valence-electron chi connectivity index (χ1n) is 8.40. The quantitative estimate of drug-likeness (QED) is 0.468. The summed E-state index contributed by atoms with van der Waals surface area (Å²) in [5, 5.41) is 10.7. The first-order chi connectivity index (χ1) is 12.0. The number of hydrogen-bond acceptors (Lipinski definition) is 5. The van der Waals surface area contributed by atoms with E-state index in [1.165, 1.54) is 4.57 Å². The summed E-state index contributed by atoms with van der Waals surface area (Å²) < 4.78 is 7.01. The summed E-state index contributed by atoms with van der Waals surface area (Å²) in [6, 6.07) is 6.85. The molecule has 25 heavy (non-hydrogen) atoms. The highest BCUT2D eigenvalue weighted by Crippen LogP contribution is 2.37. The van der Waals surface area contributed by atoms with E-state index in [1.807, 2.05) is 0 Å². The van der Waals surface area contributed by atoms with Crippen LogP contribution in [0, 0.1) is 4.77 Å². The minimum Gasteiger partial charge on any atom is -0.494 e. The predicted molar refractivity (Wildman–Crippen MR) is 95.4 cm³/mol. The number of rotatable bonds is 6. The Labute approximate surface area is 150 Å². The molecule has 0 saturated carbocycles. The molecule has 1 aromatic heterocycles. The number of benzene rings is 1. The third-order valence-electron chi connectivity index (χ3n) is 4.39. The van der Waals surface area contributed by atoms with Gasteiger partial charge in [0.2, 0.25) is 5.88 Å². The number of H-pyrrole nitrogens is 1. The molecular formula is C18H20N2O4S. The highest BCUT2D eigenvalue weighted by molar-refractivity contribution is 7.71. The van der Waals surface area contributed by atoms with Gasteiger partial charge in [-0.15, -0.1) is 0 Å². The van der Waals surface area contributed by atoms with Gasteiger partial charge in [0.1, 0.15) is 5.56 Å². The molecule has 0 aliphatic carbocycles. The molecule has 2 N–H and O–H groups in total. The van der Waals surface area contributed by atoms with Crippen molar-refractivity contribution in [1.29, 1.82) is 0 Å². The van der Waals surface area contributed by atoms with E-state index >= 15 is 0 Å². The largest absolute Gasteiger partial charge is 0.494 e. The fraction of sp³-hybridized carbons (Fsp3) is 0.389. The second-order valence-corrected chi connectivity index (χ2v) is 6.47. The molecule has 0 saturated heterocycles. The molecule has 0 bridgehead atoms. The van der Waals surface area contributed by atoms with E-state index in [1.54, 1.807) is 24.3 Å². The van der Waals surface area contributed by atoms with E-state index in [4.69, 9.17) is 17.0 Å². The van der Waals surface area contributed by atoms with Gasteiger partial charge < -0.3 is 9.84 Å². The lowest BCUT2D eigenvalue weighted by Gasteiger charge is -2.16. The zero-order valence-corrected chi connectivity index (χ0v) is 14.8. The lowest BCUT2D eigenvalue weighted by atomic mass is 10.0. The van der Waals surface area contributed by atoms with Gasteiger partial charge in [-0.1, -0.05) is 44.4 Å². The Morgan fingerprint density at radius 3 is 2.76 bits per heavy atom. The van der Waals surface area contributed by atoms with Gasteiger partial charge in [-0.2, -0.15) is 0 Å². The van der Waals surface area contributed by atoms with Crippen molar-refractivity contribution in [2.75, 3.05) is 0 Å². The van der Waals surface area contributed by atoms with Crippen LogP contribution in [-0.2, 0) is 11.3 Å². The number of hydrogen-bond donors (Lipinski definition) is 2. The van der Waals surface area contributed by atoms with Gasteiger partial charge in [0, 0.05) is 12.1 Å². The number of carbonyl (C=O) groups is 1. The van der Waals surface area contributed by atoms with Crippen LogP contribution in [0.5, 0.6) is 5.88 Å². The topological polar surface area (TPSA) is 84.3 Å². The van der Waals surface area contributed by atoms with E-state index in [0.29, 0.717) is 17.7 Å². The summed E-state index contributed by atoms with van der Waals surface area (Å²) >= 11 is 5.18. The fourth-order valence-electron chi connectivity index (χ4n) is 3.08. The third-order valence-corrected chi connectivity index (χ3v) is 4.71. The number of carbonyl (C=O) groups excluding carboxylic acids is 1. The van der Waals surface area contributed by atoms with Crippen molar-refractivity contribution in [1.82, 2.24) is 9.55 Å². The van der Waals surface area contributed by atoms with Gasteiger partial charge in [-0.05, 0) is 24.7 Å². The number of nitrogens with zero attached hydrogens (tertiary/aromatic N) is 1. The number of fused-ring (bicyclic) bond motifs is 1. The molecule has 1 unspecified atom stereocenters. The molecule has 2 aromatic rings. The number of aromatic amines is 1. The summed E-state index contributed by atoms with van der Waals surface area (Å²) in [4.78, 5) is 27.0. The molecule has 3 rings (SSSR count). The maximum atomic E-state index is 12.4. The van der Waals surface area contributed by atoms with Gasteiger partial charge in [0.15, 0.2) is 10.9 Å². The van der Waals surface area contributed by atoms with Crippen molar-refractivity contribution < 1.29 is 14.6 Å². The van der Waals surface area contributed by atoms with Crippen molar-refractivity contribution in [2.45, 2.75) is 45.3 Å². The molecule has 1 aromatic carbocycles. The molecule has 0 radical (unpaired) electrons. The van der Waals surface area contributed by atoms with Crippen LogP contribution in [0.25, 0.3) is 0 Å². The fourth-order valence-corrected chi connectivity index (χ4v) is 3.35. The van der Waals surface area contributed by atoms with Crippen LogP contribution in [0.2, 0.25) is 0 Å². The first-order valence-corrected chi connectivity index (χ1v) is 8.81. The van der Waals surface area contributed by atoms with E-state index in [9.17, 15) is 14.7 Å². The van der Waals surface area contributed by atoms with Crippen LogP contribution < -0.4 is 5.56 Å². The Balaban J connectivity index is 2.02. The first kappa shape index (κ1) is 17.4.